The average molecular weight is 228 g/mol. The number of aryl methyl sites for hydroxylation is 1. The zero-order valence-electron chi connectivity index (χ0n) is 8.75. The van der Waals surface area contributed by atoms with Gasteiger partial charge in [0.2, 0.25) is 0 Å². The number of rotatable bonds is 3. The highest BCUT2D eigenvalue weighted by atomic mass is 35.5. The van der Waals surface area contributed by atoms with Crippen molar-refractivity contribution in [2.45, 2.75) is 19.9 Å². The van der Waals surface area contributed by atoms with Gasteiger partial charge >= 0.3 is 0 Å². The van der Waals surface area contributed by atoms with Crippen molar-refractivity contribution in [2.24, 2.45) is 0 Å². The van der Waals surface area contributed by atoms with Crippen LogP contribution < -0.4 is 5.32 Å². The minimum absolute atomic E-state index is 0.0711. The van der Waals surface area contributed by atoms with Gasteiger partial charge in [-0.1, -0.05) is 11.6 Å². The number of aliphatic hydroxyl groups is 1. The molecule has 0 unspecified atom stereocenters. The lowest BCUT2D eigenvalue weighted by Crippen LogP contribution is -2.34. The van der Waals surface area contributed by atoms with E-state index in [-0.39, 0.29) is 18.6 Å². The first-order chi connectivity index (χ1) is 7.04. The highest BCUT2D eigenvalue weighted by molar-refractivity contribution is 6.31. The first-order valence-corrected chi connectivity index (χ1v) is 5.10. The van der Waals surface area contributed by atoms with E-state index < -0.39 is 0 Å². The van der Waals surface area contributed by atoms with Crippen LogP contribution in [0.2, 0.25) is 5.02 Å². The van der Waals surface area contributed by atoms with Gasteiger partial charge in [0.1, 0.15) is 0 Å². The van der Waals surface area contributed by atoms with Crippen molar-refractivity contribution in [1.29, 1.82) is 0 Å². The quantitative estimate of drug-likeness (QED) is 0.827. The van der Waals surface area contributed by atoms with E-state index in [4.69, 9.17) is 16.7 Å². The molecule has 1 amide bonds. The summed E-state index contributed by atoms with van der Waals surface area (Å²) in [4.78, 5) is 11.6. The summed E-state index contributed by atoms with van der Waals surface area (Å²) in [6.07, 6.45) is 0. The van der Waals surface area contributed by atoms with Gasteiger partial charge in [-0.25, -0.2) is 0 Å². The zero-order valence-corrected chi connectivity index (χ0v) is 9.51. The Morgan fingerprint density at radius 2 is 2.27 bits per heavy atom. The van der Waals surface area contributed by atoms with E-state index in [2.05, 4.69) is 5.32 Å². The molecule has 1 atom stereocenters. The molecule has 0 fully saturated rings. The standard InChI is InChI=1S/C11H14ClNO2/c1-7-5-9(3-4-10(7)12)11(15)13-8(2)6-14/h3-5,8,14H,6H2,1-2H3,(H,13,15)/t8-/m0/s1. The second kappa shape index (κ2) is 5.14. The van der Waals surface area contributed by atoms with E-state index in [0.29, 0.717) is 10.6 Å². The minimum Gasteiger partial charge on any atom is -0.394 e. The first kappa shape index (κ1) is 12.0. The SMILES string of the molecule is Cc1cc(C(=O)N[C@@H](C)CO)ccc1Cl. The number of carbonyl (C=O) groups excluding carboxylic acids is 1. The van der Waals surface area contributed by atoms with Gasteiger partial charge in [-0.2, -0.15) is 0 Å². The van der Waals surface area contributed by atoms with E-state index in [1.807, 2.05) is 6.92 Å². The van der Waals surface area contributed by atoms with Crippen LogP contribution in [0.25, 0.3) is 0 Å². The normalized spacial score (nSPS) is 12.3. The summed E-state index contributed by atoms with van der Waals surface area (Å²) in [5.74, 6) is -0.198. The van der Waals surface area contributed by atoms with Crippen molar-refractivity contribution < 1.29 is 9.90 Å². The van der Waals surface area contributed by atoms with E-state index >= 15 is 0 Å². The van der Waals surface area contributed by atoms with Gasteiger partial charge in [-0.05, 0) is 37.6 Å². The highest BCUT2D eigenvalue weighted by Gasteiger charge is 2.09. The maximum Gasteiger partial charge on any atom is 0.251 e. The summed E-state index contributed by atoms with van der Waals surface area (Å²) in [7, 11) is 0. The zero-order chi connectivity index (χ0) is 11.4. The molecule has 0 heterocycles. The summed E-state index contributed by atoms with van der Waals surface area (Å²) in [5, 5.41) is 12.1. The van der Waals surface area contributed by atoms with Gasteiger partial charge in [-0.3, -0.25) is 4.79 Å². The summed E-state index contributed by atoms with van der Waals surface area (Å²) >= 11 is 5.85. The fourth-order valence-electron chi connectivity index (χ4n) is 1.14. The van der Waals surface area contributed by atoms with Gasteiger partial charge < -0.3 is 10.4 Å². The Hall–Kier alpha value is -1.06. The van der Waals surface area contributed by atoms with Crippen LogP contribution >= 0.6 is 11.6 Å². The van der Waals surface area contributed by atoms with Gasteiger partial charge in [0, 0.05) is 16.6 Å². The molecule has 0 saturated heterocycles. The number of amides is 1. The van der Waals surface area contributed by atoms with Gasteiger partial charge in [0.15, 0.2) is 0 Å². The molecule has 4 heteroatoms. The second-order valence-electron chi connectivity index (χ2n) is 3.52. The molecular formula is C11H14ClNO2. The average Bonchev–Trinajstić information content (AvgIpc) is 2.21. The Labute approximate surface area is 94.1 Å². The molecule has 2 N–H and O–H groups in total. The van der Waals surface area contributed by atoms with Crippen molar-refractivity contribution >= 4 is 17.5 Å². The lowest BCUT2D eigenvalue weighted by atomic mass is 10.1. The molecule has 1 aromatic carbocycles. The molecule has 1 aromatic rings. The van der Waals surface area contributed by atoms with Crippen molar-refractivity contribution in [3.05, 3.63) is 34.3 Å². The molecule has 3 nitrogen and oxygen atoms in total. The third-order valence-electron chi connectivity index (χ3n) is 2.07. The van der Waals surface area contributed by atoms with Crippen LogP contribution in [-0.2, 0) is 0 Å². The van der Waals surface area contributed by atoms with Crippen LogP contribution in [-0.4, -0.2) is 23.7 Å². The van der Waals surface area contributed by atoms with Crippen LogP contribution in [0.1, 0.15) is 22.8 Å². The molecule has 0 aliphatic carbocycles. The highest BCUT2D eigenvalue weighted by Crippen LogP contribution is 2.16. The van der Waals surface area contributed by atoms with Gasteiger partial charge in [0.25, 0.3) is 5.91 Å². The summed E-state index contributed by atoms with van der Waals surface area (Å²) in [5.41, 5.74) is 1.41. The van der Waals surface area contributed by atoms with E-state index in [1.54, 1.807) is 25.1 Å². The molecule has 15 heavy (non-hydrogen) atoms. The topological polar surface area (TPSA) is 49.3 Å². The van der Waals surface area contributed by atoms with Crippen molar-refractivity contribution in [3.8, 4) is 0 Å². The van der Waals surface area contributed by atoms with Crippen molar-refractivity contribution in [3.63, 3.8) is 0 Å². The maximum absolute atomic E-state index is 11.6. The number of benzene rings is 1. The van der Waals surface area contributed by atoms with Crippen LogP contribution in [0.4, 0.5) is 0 Å². The maximum atomic E-state index is 11.6. The molecule has 0 saturated carbocycles. The summed E-state index contributed by atoms with van der Waals surface area (Å²) in [6, 6.07) is 4.83. The number of carbonyl (C=O) groups is 1. The molecule has 0 aliphatic heterocycles. The molecule has 82 valence electrons. The summed E-state index contributed by atoms with van der Waals surface area (Å²) in [6.45, 7) is 3.51. The minimum atomic E-state index is -0.242. The number of nitrogens with one attached hydrogen (secondary N) is 1. The van der Waals surface area contributed by atoms with E-state index in [0.717, 1.165) is 5.56 Å². The molecule has 0 radical (unpaired) electrons. The monoisotopic (exact) mass is 227 g/mol. The lowest BCUT2D eigenvalue weighted by molar-refractivity contribution is 0.0922. The van der Waals surface area contributed by atoms with Crippen molar-refractivity contribution in [1.82, 2.24) is 5.32 Å². The molecule has 0 bridgehead atoms. The Morgan fingerprint density at radius 3 is 2.80 bits per heavy atom. The predicted molar refractivity (Wildman–Crippen MR) is 60.2 cm³/mol. The van der Waals surface area contributed by atoms with E-state index in [9.17, 15) is 4.79 Å². The van der Waals surface area contributed by atoms with Crippen LogP contribution in [0.5, 0.6) is 0 Å². The largest absolute Gasteiger partial charge is 0.394 e. The van der Waals surface area contributed by atoms with Gasteiger partial charge in [0.05, 0.1) is 6.61 Å². The van der Waals surface area contributed by atoms with Gasteiger partial charge in [-0.15, -0.1) is 0 Å². The molecular weight excluding hydrogens is 214 g/mol. The van der Waals surface area contributed by atoms with Crippen LogP contribution in [0, 0.1) is 6.92 Å². The summed E-state index contributed by atoms with van der Waals surface area (Å²) < 4.78 is 0. The number of aliphatic hydroxyl groups excluding tert-OH is 1. The Balaban J connectivity index is 2.78. The van der Waals surface area contributed by atoms with Crippen molar-refractivity contribution in [2.75, 3.05) is 6.61 Å². The fraction of sp³-hybridized carbons (Fsp3) is 0.364. The fourth-order valence-corrected chi connectivity index (χ4v) is 1.26. The Morgan fingerprint density at radius 1 is 1.60 bits per heavy atom. The smallest absolute Gasteiger partial charge is 0.251 e. The van der Waals surface area contributed by atoms with Crippen LogP contribution in [0.3, 0.4) is 0 Å². The molecule has 1 rings (SSSR count). The Kier molecular flexibility index (Phi) is 4.12. The predicted octanol–water partition coefficient (Wildman–Crippen LogP) is 1.76. The molecule has 0 spiro atoms. The molecule has 0 aromatic heterocycles. The third kappa shape index (κ3) is 3.22. The second-order valence-corrected chi connectivity index (χ2v) is 3.93. The number of halogens is 1. The Bertz CT molecular complexity index is 366. The number of hydrogen-bond acceptors (Lipinski definition) is 2. The lowest BCUT2D eigenvalue weighted by Gasteiger charge is -2.11. The third-order valence-corrected chi connectivity index (χ3v) is 2.50. The number of hydrogen-bond donors (Lipinski definition) is 2. The van der Waals surface area contributed by atoms with E-state index in [1.165, 1.54) is 0 Å². The first-order valence-electron chi connectivity index (χ1n) is 4.72. The molecule has 0 aliphatic rings. The van der Waals surface area contributed by atoms with Crippen LogP contribution in [0.15, 0.2) is 18.2 Å².